The highest BCUT2D eigenvalue weighted by molar-refractivity contribution is 7.09. The van der Waals surface area contributed by atoms with Crippen molar-refractivity contribution in [3.63, 3.8) is 0 Å². The van der Waals surface area contributed by atoms with E-state index in [4.69, 9.17) is 32.7 Å². The molecule has 0 aliphatic carbocycles. The van der Waals surface area contributed by atoms with Gasteiger partial charge in [-0.1, -0.05) is 48.7 Å². The summed E-state index contributed by atoms with van der Waals surface area (Å²) >= 11 is 13.2. The lowest BCUT2D eigenvalue weighted by molar-refractivity contribution is -0.140. The quantitative estimate of drug-likeness (QED) is 0.371. The SMILES string of the molecule is CCCCN(CC(=O)N(CCc1ccc(OC)c(OC)c1)Cc1cccs1)C(=O)C(Cl)Cl. The van der Waals surface area contributed by atoms with Gasteiger partial charge >= 0.3 is 0 Å². The van der Waals surface area contributed by atoms with Crippen LogP contribution in [0.5, 0.6) is 11.5 Å². The van der Waals surface area contributed by atoms with Gasteiger partial charge in [0.15, 0.2) is 16.3 Å². The molecule has 32 heavy (non-hydrogen) atoms. The number of hydrogen-bond acceptors (Lipinski definition) is 5. The molecule has 176 valence electrons. The minimum absolute atomic E-state index is 0.0495. The molecule has 1 aromatic heterocycles. The van der Waals surface area contributed by atoms with Crippen LogP contribution in [0.4, 0.5) is 0 Å². The first-order valence-electron chi connectivity index (χ1n) is 10.5. The first-order chi connectivity index (χ1) is 15.4. The Morgan fingerprint density at radius 2 is 1.81 bits per heavy atom. The van der Waals surface area contributed by atoms with Crippen LogP contribution in [0.15, 0.2) is 35.7 Å². The molecule has 1 heterocycles. The van der Waals surface area contributed by atoms with Gasteiger partial charge < -0.3 is 19.3 Å². The molecule has 0 radical (unpaired) electrons. The van der Waals surface area contributed by atoms with Crippen LogP contribution in [0.1, 0.15) is 30.2 Å². The van der Waals surface area contributed by atoms with Crippen molar-refractivity contribution in [3.8, 4) is 11.5 Å². The molecule has 0 saturated heterocycles. The molecule has 0 saturated carbocycles. The first kappa shape index (κ1) is 26.3. The minimum atomic E-state index is -1.18. The number of carbonyl (C=O) groups excluding carboxylic acids is 2. The standard InChI is InChI=1S/C23H30Cl2N2O4S/c1-4-5-11-27(23(29)22(24)25)16-21(28)26(15-18-7-6-13-32-18)12-10-17-8-9-19(30-2)20(14-17)31-3/h6-9,13-14,22H,4-5,10-12,15-16H2,1-3H3. The summed E-state index contributed by atoms with van der Waals surface area (Å²) in [4.78, 5) is 28.7. The highest BCUT2D eigenvalue weighted by atomic mass is 35.5. The van der Waals surface area contributed by atoms with Crippen LogP contribution in [-0.4, -0.2) is 60.3 Å². The van der Waals surface area contributed by atoms with Crippen LogP contribution in [-0.2, 0) is 22.6 Å². The molecule has 0 atom stereocenters. The summed E-state index contributed by atoms with van der Waals surface area (Å²) in [6.07, 6.45) is 2.30. The Labute approximate surface area is 204 Å². The van der Waals surface area contributed by atoms with Crippen LogP contribution in [0.2, 0.25) is 0 Å². The number of rotatable bonds is 13. The highest BCUT2D eigenvalue weighted by Gasteiger charge is 2.25. The second-order valence-electron chi connectivity index (χ2n) is 7.25. The predicted molar refractivity (Wildman–Crippen MR) is 130 cm³/mol. The predicted octanol–water partition coefficient (Wildman–Crippen LogP) is 4.77. The number of benzene rings is 1. The summed E-state index contributed by atoms with van der Waals surface area (Å²) in [5.41, 5.74) is 1.02. The van der Waals surface area contributed by atoms with E-state index in [0.717, 1.165) is 23.3 Å². The van der Waals surface area contributed by atoms with Crippen molar-refractivity contribution in [1.29, 1.82) is 0 Å². The van der Waals surface area contributed by atoms with Crippen molar-refractivity contribution in [1.82, 2.24) is 9.80 Å². The van der Waals surface area contributed by atoms with Gasteiger partial charge in [0.25, 0.3) is 5.91 Å². The van der Waals surface area contributed by atoms with Gasteiger partial charge in [-0.2, -0.15) is 0 Å². The van der Waals surface area contributed by atoms with E-state index in [1.54, 1.807) is 30.5 Å². The Bertz CT molecular complexity index is 862. The first-order valence-corrected chi connectivity index (χ1v) is 12.2. The molecule has 0 aliphatic heterocycles. The van der Waals surface area contributed by atoms with Gasteiger partial charge in [-0.05, 0) is 42.0 Å². The van der Waals surface area contributed by atoms with Gasteiger partial charge in [-0.3, -0.25) is 9.59 Å². The second kappa shape index (κ2) is 13.6. The molecular formula is C23H30Cl2N2O4S. The van der Waals surface area contributed by atoms with E-state index in [1.807, 2.05) is 42.6 Å². The van der Waals surface area contributed by atoms with E-state index in [0.29, 0.717) is 37.6 Å². The smallest absolute Gasteiger partial charge is 0.256 e. The number of amides is 2. The molecule has 2 aromatic rings. The normalized spacial score (nSPS) is 10.8. The average Bonchev–Trinajstić information content (AvgIpc) is 3.31. The number of ether oxygens (including phenoxy) is 2. The van der Waals surface area contributed by atoms with E-state index >= 15 is 0 Å². The fraction of sp³-hybridized carbons (Fsp3) is 0.478. The number of thiophene rings is 1. The molecule has 0 bridgehead atoms. The molecule has 0 fully saturated rings. The lowest BCUT2D eigenvalue weighted by Gasteiger charge is -2.28. The number of nitrogens with zero attached hydrogens (tertiary/aromatic N) is 2. The fourth-order valence-corrected chi connectivity index (χ4v) is 4.20. The van der Waals surface area contributed by atoms with E-state index < -0.39 is 10.7 Å². The van der Waals surface area contributed by atoms with Crippen LogP contribution in [0.25, 0.3) is 0 Å². The van der Waals surface area contributed by atoms with Gasteiger partial charge in [0.05, 0.1) is 27.3 Å². The third kappa shape index (κ3) is 7.87. The number of methoxy groups -OCH3 is 2. The molecule has 2 rings (SSSR count). The number of hydrogen-bond donors (Lipinski definition) is 0. The third-order valence-corrected chi connectivity index (χ3v) is 6.24. The Morgan fingerprint density at radius 3 is 2.41 bits per heavy atom. The van der Waals surface area contributed by atoms with E-state index in [-0.39, 0.29) is 12.5 Å². The largest absolute Gasteiger partial charge is 0.493 e. The summed E-state index contributed by atoms with van der Waals surface area (Å²) in [5, 5.41) is 1.98. The van der Waals surface area contributed by atoms with Crippen molar-refractivity contribution in [2.24, 2.45) is 0 Å². The van der Waals surface area contributed by atoms with Gasteiger partial charge in [-0.25, -0.2) is 0 Å². The lowest BCUT2D eigenvalue weighted by Crippen LogP contribution is -2.45. The molecule has 9 heteroatoms. The van der Waals surface area contributed by atoms with Crippen molar-refractivity contribution in [2.45, 2.75) is 37.6 Å². The average molecular weight is 501 g/mol. The number of unbranched alkanes of at least 4 members (excludes halogenated alkanes) is 1. The molecule has 0 N–H and O–H groups in total. The van der Waals surface area contributed by atoms with Crippen LogP contribution in [0.3, 0.4) is 0 Å². The van der Waals surface area contributed by atoms with E-state index in [9.17, 15) is 9.59 Å². The Morgan fingerprint density at radius 1 is 1.06 bits per heavy atom. The summed E-state index contributed by atoms with van der Waals surface area (Å²) in [7, 11) is 3.19. The molecular weight excluding hydrogens is 471 g/mol. The van der Waals surface area contributed by atoms with Crippen molar-refractivity contribution >= 4 is 46.4 Å². The summed E-state index contributed by atoms with van der Waals surface area (Å²) in [6.45, 7) is 3.39. The highest BCUT2D eigenvalue weighted by Crippen LogP contribution is 2.28. The molecule has 6 nitrogen and oxygen atoms in total. The van der Waals surface area contributed by atoms with Crippen LogP contribution >= 0.6 is 34.5 Å². The molecule has 2 amide bonds. The van der Waals surface area contributed by atoms with E-state index in [1.165, 1.54) is 4.90 Å². The van der Waals surface area contributed by atoms with Crippen LogP contribution in [0, 0.1) is 0 Å². The van der Waals surface area contributed by atoms with E-state index in [2.05, 4.69) is 0 Å². The monoisotopic (exact) mass is 500 g/mol. The van der Waals surface area contributed by atoms with Gasteiger partial charge in [0, 0.05) is 18.0 Å². The number of carbonyl (C=O) groups is 2. The topological polar surface area (TPSA) is 59.1 Å². The summed E-state index contributed by atoms with van der Waals surface area (Å²) in [6, 6.07) is 9.67. The Hall–Kier alpha value is -1.96. The van der Waals surface area contributed by atoms with Crippen molar-refractivity contribution < 1.29 is 19.1 Å². The van der Waals surface area contributed by atoms with Crippen LogP contribution < -0.4 is 9.47 Å². The van der Waals surface area contributed by atoms with Crippen molar-refractivity contribution in [3.05, 3.63) is 46.2 Å². The zero-order chi connectivity index (χ0) is 23.5. The maximum absolute atomic E-state index is 13.2. The number of halogens is 2. The Kier molecular flexibility index (Phi) is 11.1. The summed E-state index contributed by atoms with van der Waals surface area (Å²) in [5.74, 6) is 0.723. The molecule has 0 spiro atoms. The van der Waals surface area contributed by atoms with Gasteiger partial charge in [-0.15, -0.1) is 11.3 Å². The minimum Gasteiger partial charge on any atom is -0.493 e. The molecule has 0 aliphatic rings. The maximum Gasteiger partial charge on any atom is 0.256 e. The summed E-state index contributed by atoms with van der Waals surface area (Å²) < 4.78 is 10.7. The zero-order valence-electron chi connectivity index (χ0n) is 18.7. The number of alkyl halides is 2. The lowest BCUT2D eigenvalue weighted by atomic mass is 10.1. The maximum atomic E-state index is 13.2. The second-order valence-corrected chi connectivity index (χ2v) is 9.38. The molecule has 0 unspecified atom stereocenters. The van der Waals surface area contributed by atoms with Gasteiger partial charge in [0.1, 0.15) is 0 Å². The Balaban J connectivity index is 2.14. The zero-order valence-corrected chi connectivity index (χ0v) is 21.0. The fourth-order valence-electron chi connectivity index (χ4n) is 3.20. The molecule has 1 aromatic carbocycles. The van der Waals surface area contributed by atoms with Gasteiger partial charge in [0.2, 0.25) is 5.91 Å². The van der Waals surface area contributed by atoms with Crippen molar-refractivity contribution in [2.75, 3.05) is 33.9 Å². The third-order valence-electron chi connectivity index (χ3n) is 5.00.